The first kappa shape index (κ1) is 18.7. The first-order valence-electron chi connectivity index (χ1n) is 8.18. The molecule has 0 aliphatic carbocycles. The molecule has 1 amide bonds. The van der Waals surface area contributed by atoms with Crippen LogP contribution in [0, 0.1) is 0 Å². The molecule has 0 radical (unpaired) electrons. The third-order valence-electron chi connectivity index (χ3n) is 4.06. The Morgan fingerprint density at radius 2 is 1.81 bits per heavy atom. The number of esters is 1. The number of carbonyl (C=O) groups excluding carboxylic acids is 2. The topological polar surface area (TPSA) is 77.4 Å². The molecule has 0 spiro atoms. The molecule has 0 fully saturated rings. The number of amides is 1. The molecule has 0 saturated heterocycles. The first-order valence-corrected chi connectivity index (χ1v) is 9.40. The van der Waals surface area contributed by atoms with Crippen molar-refractivity contribution >= 4 is 40.2 Å². The van der Waals surface area contributed by atoms with Crippen molar-refractivity contribution in [2.75, 3.05) is 11.6 Å². The molecular formula is C20H18N2O4S. The lowest BCUT2D eigenvalue weighted by molar-refractivity contribution is -0.131. The summed E-state index contributed by atoms with van der Waals surface area (Å²) in [5.74, 6) is -1.26. The van der Waals surface area contributed by atoms with Gasteiger partial charge in [0.1, 0.15) is 5.56 Å². The molecule has 0 bridgehead atoms. The number of thioether (sulfide) groups is 1. The Morgan fingerprint density at radius 1 is 1.11 bits per heavy atom. The monoisotopic (exact) mass is 382 g/mol. The summed E-state index contributed by atoms with van der Waals surface area (Å²) in [6.07, 6.45) is 1.91. The number of pyridine rings is 1. The van der Waals surface area contributed by atoms with E-state index in [2.05, 4.69) is 5.32 Å². The fourth-order valence-corrected chi connectivity index (χ4v) is 3.23. The van der Waals surface area contributed by atoms with Gasteiger partial charge in [0.25, 0.3) is 11.5 Å². The fourth-order valence-electron chi connectivity index (χ4n) is 2.79. The second-order valence-corrected chi connectivity index (χ2v) is 6.74. The second-order valence-electron chi connectivity index (χ2n) is 5.87. The largest absolute Gasteiger partial charge is 0.425 e. The number of para-hydroxylation sites is 1. The number of hydrogen-bond donors (Lipinski definition) is 1. The van der Waals surface area contributed by atoms with E-state index < -0.39 is 17.4 Å². The van der Waals surface area contributed by atoms with E-state index in [1.165, 1.54) is 23.3 Å². The highest BCUT2D eigenvalue weighted by atomic mass is 32.2. The van der Waals surface area contributed by atoms with Gasteiger partial charge in [-0.15, -0.1) is 11.8 Å². The predicted molar refractivity (Wildman–Crippen MR) is 107 cm³/mol. The molecule has 0 unspecified atom stereocenters. The maximum absolute atomic E-state index is 12.9. The number of nitrogens with one attached hydrogen (secondary N) is 1. The summed E-state index contributed by atoms with van der Waals surface area (Å²) in [6, 6.07) is 14.2. The number of rotatable bonds is 4. The minimum atomic E-state index is -0.630. The summed E-state index contributed by atoms with van der Waals surface area (Å²) in [5, 5.41) is 3.21. The minimum Gasteiger partial charge on any atom is -0.425 e. The van der Waals surface area contributed by atoms with Crippen molar-refractivity contribution in [3.8, 4) is 5.75 Å². The average molecular weight is 382 g/mol. The lowest BCUT2D eigenvalue weighted by Crippen LogP contribution is -2.29. The molecule has 1 N–H and O–H groups in total. The number of ether oxygens (including phenoxy) is 1. The Labute approximate surface area is 160 Å². The number of fused-ring (bicyclic) bond motifs is 1. The van der Waals surface area contributed by atoms with Gasteiger partial charge in [-0.25, -0.2) is 0 Å². The molecule has 0 aliphatic rings. The summed E-state index contributed by atoms with van der Waals surface area (Å²) < 4.78 is 6.71. The summed E-state index contributed by atoms with van der Waals surface area (Å²) in [6.45, 7) is 1.24. The van der Waals surface area contributed by atoms with Gasteiger partial charge in [-0.05, 0) is 36.6 Å². The summed E-state index contributed by atoms with van der Waals surface area (Å²) in [5.41, 5.74) is 0.369. The minimum absolute atomic E-state index is 0.0232. The van der Waals surface area contributed by atoms with E-state index >= 15 is 0 Å². The normalized spacial score (nSPS) is 10.6. The highest BCUT2D eigenvalue weighted by molar-refractivity contribution is 7.98. The van der Waals surface area contributed by atoms with Crippen LogP contribution in [-0.2, 0) is 11.8 Å². The molecule has 138 valence electrons. The number of nitrogens with zero attached hydrogens (tertiary/aromatic N) is 1. The molecule has 6 nitrogen and oxygen atoms in total. The van der Waals surface area contributed by atoms with E-state index in [0.717, 1.165) is 4.90 Å². The SMILES string of the molecule is CSc1ccc2c(c1)c(OC(C)=O)c(C(=O)Nc1ccccc1)c(=O)n2C. The Hall–Kier alpha value is -3.06. The Balaban J connectivity index is 2.26. The van der Waals surface area contributed by atoms with E-state index in [9.17, 15) is 14.4 Å². The fraction of sp³-hybridized carbons (Fsp3) is 0.150. The second kappa shape index (κ2) is 7.67. The predicted octanol–water partition coefficient (Wildman–Crippen LogP) is 3.44. The maximum Gasteiger partial charge on any atom is 0.308 e. The number of carbonyl (C=O) groups is 2. The molecule has 3 aromatic rings. The average Bonchev–Trinajstić information content (AvgIpc) is 2.66. The zero-order valence-corrected chi connectivity index (χ0v) is 15.9. The molecule has 1 aromatic heterocycles. The lowest BCUT2D eigenvalue weighted by Gasteiger charge is -2.15. The van der Waals surface area contributed by atoms with E-state index in [4.69, 9.17) is 4.74 Å². The number of hydrogen-bond acceptors (Lipinski definition) is 5. The van der Waals surface area contributed by atoms with Crippen LogP contribution in [0.3, 0.4) is 0 Å². The molecule has 0 aliphatic heterocycles. The van der Waals surface area contributed by atoms with Gasteiger partial charge in [0.05, 0.1) is 5.52 Å². The molecule has 27 heavy (non-hydrogen) atoms. The van der Waals surface area contributed by atoms with Gasteiger partial charge in [-0.1, -0.05) is 18.2 Å². The van der Waals surface area contributed by atoms with Crippen LogP contribution in [0.15, 0.2) is 58.2 Å². The highest BCUT2D eigenvalue weighted by Crippen LogP contribution is 2.31. The Bertz CT molecular complexity index is 1090. The molecule has 7 heteroatoms. The smallest absolute Gasteiger partial charge is 0.308 e. The first-order chi connectivity index (χ1) is 12.9. The zero-order valence-electron chi connectivity index (χ0n) is 15.1. The van der Waals surface area contributed by atoms with E-state index in [-0.39, 0.29) is 11.3 Å². The van der Waals surface area contributed by atoms with Crippen LogP contribution < -0.4 is 15.6 Å². The standard InChI is InChI=1S/C20H18N2O4S/c1-12(23)26-18-15-11-14(27-3)9-10-16(15)22(2)20(25)17(18)19(24)21-13-7-5-4-6-8-13/h4-11H,1-3H3,(H,21,24). The van der Waals surface area contributed by atoms with Crippen LogP contribution in [0.2, 0.25) is 0 Å². The van der Waals surface area contributed by atoms with Gasteiger partial charge in [-0.2, -0.15) is 0 Å². The van der Waals surface area contributed by atoms with E-state index in [1.807, 2.05) is 18.4 Å². The van der Waals surface area contributed by atoms with Crippen LogP contribution in [-0.4, -0.2) is 22.7 Å². The van der Waals surface area contributed by atoms with E-state index in [0.29, 0.717) is 16.6 Å². The number of aromatic nitrogens is 1. The number of anilines is 1. The van der Waals surface area contributed by atoms with Gasteiger partial charge >= 0.3 is 5.97 Å². The molecular weight excluding hydrogens is 364 g/mol. The molecule has 2 aromatic carbocycles. The van der Waals surface area contributed by atoms with Gasteiger partial charge in [0.2, 0.25) is 0 Å². The molecule has 0 saturated carbocycles. The number of benzene rings is 2. The summed E-state index contributed by atoms with van der Waals surface area (Å²) >= 11 is 1.51. The van der Waals surface area contributed by atoms with Crippen molar-refractivity contribution in [1.82, 2.24) is 4.57 Å². The molecule has 3 rings (SSSR count). The van der Waals surface area contributed by atoms with Crippen LogP contribution in [0.1, 0.15) is 17.3 Å². The highest BCUT2D eigenvalue weighted by Gasteiger charge is 2.24. The van der Waals surface area contributed by atoms with Crippen molar-refractivity contribution in [1.29, 1.82) is 0 Å². The summed E-state index contributed by atoms with van der Waals surface area (Å²) in [7, 11) is 1.58. The van der Waals surface area contributed by atoms with Gasteiger partial charge < -0.3 is 14.6 Å². The zero-order chi connectivity index (χ0) is 19.6. The van der Waals surface area contributed by atoms with Crippen molar-refractivity contribution in [3.63, 3.8) is 0 Å². The molecule has 0 atom stereocenters. The van der Waals surface area contributed by atoms with Gasteiger partial charge in [0, 0.05) is 29.9 Å². The maximum atomic E-state index is 12.9. The van der Waals surface area contributed by atoms with Gasteiger partial charge in [0.15, 0.2) is 5.75 Å². The van der Waals surface area contributed by atoms with Crippen molar-refractivity contribution in [2.24, 2.45) is 7.05 Å². The van der Waals surface area contributed by atoms with Crippen molar-refractivity contribution in [2.45, 2.75) is 11.8 Å². The van der Waals surface area contributed by atoms with E-state index in [1.54, 1.807) is 43.4 Å². The van der Waals surface area contributed by atoms with Crippen LogP contribution in [0.4, 0.5) is 5.69 Å². The van der Waals surface area contributed by atoms with Crippen molar-refractivity contribution < 1.29 is 14.3 Å². The van der Waals surface area contributed by atoms with Gasteiger partial charge in [-0.3, -0.25) is 14.4 Å². The van der Waals surface area contributed by atoms with Crippen LogP contribution in [0.5, 0.6) is 5.75 Å². The molecule has 1 heterocycles. The Morgan fingerprint density at radius 3 is 2.44 bits per heavy atom. The van der Waals surface area contributed by atoms with Crippen molar-refractivity contribution in [3.05, 3.63) is 64.4 Å². The van der Waals surface area contributed by atoms with Crippen LogP contribution >= 0.6 is 11.8 Å². The third kappa shape index (κ3) is 3.73. The van der Waals surface area contributed by atoms with Crippen LogP contribution in [0.25, 0.3) is 10.9 Å². The summed E-state index contributed by atoms with van der Waals surface area (Å²) in [4.78, 5) is 38.3. The lowest BCUT2D eigenvalue weighted by atomic mass is 10.1. The quantitative estimate of drug-likeness (QED) is 0.552. The Kier molecular flexibility index (Phi) is 5.32. The number of aryl methyl sites for hydroxylation is 1. The third-order valence-corrected chi connectivity index (χ3v) is 4.79.